The van der Waals surface area contributed by atoms with Crippen LogP contribution in [-0.2, 0) is 0 Å². The Bertz CT molecular complexity index is 859. The van der Waals surface area contributed by atoms with Crippen LogP contribution in [0.2, 0.25) is 0 Å². The molecule has 2 heteroatoms. The third-order valence-electron chi connectivity index (χ3n) is 8.01. The molecule has 2 fully saturated rings. The summed E-state index contributed by atoms with van der Waals surface area (Å²) in [6, 6.07) is 4.27. The molecular weight excluding hydrogens is 316 g/mol. The van der Waals surface area contributed by atoms with Crippen LogP contribution >= 0.6 is 0 Å². The molecule has 4 aliphatic rings. The third kappa shape index (κ3) is 2.11. The highest BCUT2D eigenvalue weighted by atomic mass is 14.6. The first-order chi connectivity index (χ1) is 12.5. The van der Waals surface area contributed by atoms with Gasteiger partial charge in [-0.15, -0.1) is 0 Å². The van der Waals surface area contributed by atoms with Gasteiger partial charge in [0.1, 0.15) is 0 Å². The average molecular weight is 345 g/mol. The molecular formula is C24H28N2. The molecule has 4 atom stereocenters. The van der Waals surface area contributed by atoms with Crippen LogP contribution in [0.15, 0.2) is 53.9 Å². The van der Waals surface area contributed by atoms with Gasteiger partial charge in [0.2, 0.25) is 0 Å². The van der Waals surface area contributed by atoms with Crippen molar-refractivity contribution in [3.8, 4) is 0 Å². The quantitative estimate of drug-likeness (QED) is 0.668. The third-order valence-corrected chi connectivity index (χ3v) is 8.01. The van der Waals surface area contributed by atoms with E-state index in [0.29, 0.717) is 11.3 Å². The van der Waals surface area contributed by atoms with Crippen molar-refractivity contribution < 1.29 is 0 Å². The van der Waals surface area contributed by atoms with Crippen molar-refractivity contribution in [2.24, 2.45) is 22.7 Å². The number of rotatable bonds is 1. The number of fused-ring (bicyclic) bond motifs is 5. The molecule has 134 valence electrons. The van der Waals surface area contributed by atoms with Gasteiger partial charge in [-0.2, -0.15) is 0 Å². The summed E-state index contributed by atoms with van der Waals surface area (Å²) in [6.07, 6.45) is 18.0. The van der Waals surface area contributed by atoms with Crippen LogP contribution < -0.4 is 0 Å². The maximum Gasteiger partial charge on any atom is 0.0343 e. The van der Waals surface area contributed by atoms with E-state index in [9.17, 15) is 0 Å². The molecule has 2 saturated carbocycles. The molecule has 5 rings (SSSR count). The Labute approximate surface area is 156 Å². The molecule has 0 saturated heterocycles. The number of nitrogens with one attached hydrogen (secondary N) is 1. The molecule has 0 aliphatic heterocycles. The van der Waals surface area contributed by atoms with E-state index in [1.807, 2.05) is 12.4 Å². The highest BCUT2D eigenvalue weighted by Crippen LogP contribution is 2.65. The number of pyridine rings is 1. The fourth-order valence-electron chi connectivity index (χ4n) is 6.52. The van der Waals surface area contributed by atoms with Gasteiger partial charge in [0.15, 0.2) is 0 Å². The fourth-order valence-corrected chi connectivity index (χ4v) is 6.52. The van der Waals surface area contributed by atoms with Crippen molar-refractivity contribution in [3.63, 3.8) is 0 Å². The van der Waals surface area contributed by atoms with Gasteiger partial charge in [0.25, 0.3) is 0 Å². The summed E-state index contributed by atoms with van der Waals surface area (Å²) in [5.74, 6) is 1.45. The minimum Gasteiger partial charge on any atom is -0.305 e. The lowest BCUT2D eigenvalue weighted by molar-refractivity contribution is 0.0719. The lowest BCUT2D eigenvalue weighted by atomic mass is 9.48. The maximum absolute atomic E-state index is 8.10. The summed E-state index contributed by atoms with van der Waals surface area (Å²) in [5.41, 5.74) is 7.34. The first kappa shape index (κ1) is 16.2. The molecule has 0 amide bonds. The van der Waals surface area contributed by atoms with E-state index < -0.39 is 0 Å². The molecule has 0 radical (unpaired) electrons. The van der Waals surface area contributed by atoms with Gasteiger partial charge in [-0.1, -0.05) is 43.2 Å². The molecule has 1 heterocycles. The van der Waals surface area contributed by atoms with E-state index in [4.69, 9.17) is 5.41 Å². The molecule has 0 spiro atoms. The zero-order chi connectivity index (χ0) is 17.9. The molecule has 26 heavy (non-hydrogen) atoms. The largest absolute Gasteiger partial charge is 0.305 e. The zero-order valence-corrected chi connectivity index (χ0v) is 15.9. The molecule has 2 nitrogen and oxygen atoms in total. The number of hydrogen-bond donors (Lipinski definition) is 1. The topological polar surface area (TPSA) is 36.7 Å². The molecule has 0 bridgehead atoms. The van der Waals surface area contributed by atoms with Gasteiger partial charge >= 0.3 is 0 Å². The second-order valence-electron chi connectivity index (χ2n) is 9.18. The minimum absolute atomic E-state index is 0.184. The smallest absolute Gasteiger partial charge is 0.0343 e. The minimum atomic E-state index is 0.184. The maximum atomic E-state index is 8.10. The summed E-state index contributed by atoms with van der Waals surface area (Å²) in [5, 5.41) is 8.10. The van der Waals surface area contributed by atoms with Gasteiger partial charge in [0.05, 0.1) is 0 Å². The zero-order valence-electron chi connectivity index (χ0n) is 15.9. The molecule has 0 unspecified atom stereocenters. The second-order valence-corrected chi connectivity index (χ2v) is 9.18. The summed E-state index contributed by atoms with van der Waals surface area (Å²) in [4.78, 5) is 4.36. The molecule has 0 aromatic carbocycles. The van der Waals surface area contributed by atoms with E-state index in [1.165, 1.54) is 43.2 Å². The summed E-state index contributed by atoms with van der Waals surface area (Å²) in [6.45, 7) is 4.96. The van der Waals surface area contributed by atoms with Crippen LogP contribution in [0, 0.1) is 28.1 Å². The summed E-state index contributed by atoms with van der Waals surface area (Å²) in [7, 11) is 0. The Morgan fingerprint density at radius 3 is 2.81 bits per heavy atom. The van der Waals surface area contributed by atoms with Crippen LogP contribution in [0.25, 0.3) is 5.57 Å². The fraction of sp³-hybridized carbons (Fsp3) is 0.500. The lowest BCUT2D eigenvalue weighted by Gasteiger charge is -2.56. The Balaban J connectivity index is 1.50. The molecule has 1 aromatic heterocycles. The average Bonchev–Trinajstić information content (AvgIpc) is 3.00. The number of hydrogen-bond acceptors (Lipinski definition) is 2. The Morgan fingerprint density at radius 2 is 2.00 bits per heavy atom. The monoisotopic (exact) mass is 344 g/mol. The standard InChI is InChI=1S/C24H28N2/c1-23-11-9-18(25)14-17(23)5-6-19-21-8-7-20(16-4-3-13-26-15-16)24(21,2)12-10-22(19)23/h3-4,7-8,13-15,19,22,25H,5-6,9-12H2,1-2H3/t19-,22-,23-,24+/m0/s1. The van der Waals surface area contributed by atoms with Crippen LogP contribution in [0.1, 0.15) is 57.9 Å². The lowest BCUT2D eigenvalue weighted by Crippen LogP contribution is -2.46. The number of aromatic nitrogens is 1. The normalized spacial score (nSPS) is 38.5. The van der Waals surface area contributed by atoms with Crippen molar-refractivity contribution in [2.75, 3.05) is 0 Å². The van der Waals surface area contributed by atoms with Gasteiger partial charge in [-0.05, 0) is 79.1 Å². The van der Waals surface area contributed by atoms with E-state index in [-0.39, 0.29) is 5.41 Å². The second kappa shape index (κ2) is 5.52. The predicted octanol–water partition coefficient (Wildman–Crippen LogP) is 5.98. The van der Waals surface area contributed by atoms with Crippen molar-refractivity contribution in [2.45, 2.75) is 52.4 Å². The van der Waals surface area contributed by atoms with E-state index in [0.717, 1.165) is 18.1 Å². The first-order valence-electron chi connectivity index (χ1n) is 10.1. The Kier molecular flexibility index (Phi) is 3.44. The summed E-state index contributed by atoms with van der Waals surface area (Å²) < 4.78 is 0. The Hall–Kier alpha value is -1.96. The number of nitrogens with zero attached hydrogens (tertiary/aromatic N) is 1. The number of allylic oxidation sites excluding steroid dienone is 6. The van der Waals surface area contributed by atoms with Gasteiger partial charge in [-0.3, -0.25) is 4.98 Å². The van der Waals surface area contributed by atoms with Crippen LogP contribution in [0.4, 0.5) is 0 Å². The van der Waals surface area contributed by atoms with E-state index in [2.05, 4.69) is 49.2 Å². The summed E-state index contributed by atoms with van der Waals surface area (Å²) >= 11 is 0. The molecule has 4 aliphatic carbocycles. The van der Waals surface area contributed by atoms with E-state index in [1.54, 1.807) is 11.1 Å². The highest BCUT2D eigenvalue weighted by Gasteiger charge is 2.54. The predicted molar refractivity (Wildman–Crippen MR) is 107 cm³/mol. The van der Waals surface area contributed by atoms with Gasteiger partial charge < -0.3 is 5.41 Å². The highest BCUT2D eigenvalue weighted by molar-refractivity contribution is 5.94. The molecule has 1 N–H and O–H groups in total. The Morgan fingerprint density at radius 1 is 1.12 bits per heavy atom. The van der Waals surface area contributed by atoms with E-state index >= 15 is 0 Å². The SMILES string of the molecule is C[C@]12CC[C@H]3[C@@H](CCC4=CC(=N)CC[C@@]43C)C1=CC=C2c1cccnc1. The first-order valence-corrected chi connectivity index (χ1v) is 10.1. The van der Waals surface area contributed by atoms with Crippen molar-refractivity contribution >= 4 is 11.3 Å². The van der Waals surface area contributed by atoms with Crippen LogP contribution in [0.3, 0.4) is 0 Å². The van der Waals surface area contributed by atoms with Crippen molar-refractivity contribution in [3.05, 3.63) is 59.5 Å². The van der Waals surface area contributed by atoms with Crippen molar-refractivity contribution in [1.82, 2.24) is 4.98 Å². The van der Waals surface area contributed by atoms with Gasteiger partial charge in [-0.25, -0.2) is 0 Å². The van der Waals surface area contributed by atoms with Gasteiger partial charge in [0, 0.05) is 23.5 Å². The van der Waals surface area contributed by atoms with Crippen LogP contribution in [-0.4, -0.2) is 10.7 Å². The van der Waals surface area contributed by atoms with Crippen molar-refractivity contribution in [1.29, 1.82) is 5.41 Å². The molecule has 1 aromatic rings. The van der Waals surface area contributed by atoms with Crippen LogP contribution in [0.5, 0.6) is 0 Å².